The largest absolute Gasteiger partial charge is 0.444 e. The van der Waals surface area contributed by atoms with Gasteiger partial charge in [-0.1, -0.05) is 0 Å². The molecule has 2 amide bonds. The number of rotatable bonds is 11. The van der Waals surface area contributed by atoms with Crippen LogP contribution >= 0.6 is 0 Å². The number of ether oxygens (including phenoxy) is 2. The van der Waals surface area contributed by atoms with Gasteiger partial charge in [0.25, 0.3) is 5.16 Å². The van der Waals surface area contributed by atoms with E-state index in [1.54, 1.807) is 29.9 Å². The monoisotopic (exact) mass is 1470 g/mol. The molecule has 34 heteroatoms. The number of benzene rings is 3. The Morgan fingerprint density at radius 2 is 0.838 bits per heavy atom. The molecule has 0 spiro atoms. The molecule has 15 rings (SSSR count). The summed E-state index contributed by atoms with van der Waals surface area (Å²) in [4.78, 5) is 62.3. The number of carbonyl (C=O) groups excluding carboxylic acids is 2. The molecule has 6 aliphatic rings. The van der Waals surface area contributed by atoms with Crippen LogP contribution < -0.4 is 36.4 Å². The molecule has 6 aromatic heterocycles. The van der Waals surface area contributed by atoms with E-state index in [4.69, 9.17) is 15.2 Å². The molecule has 6 fully saturated rings. The zero-order valence-electron chi connectivity index (χ0n) is 60.3. The van der Waals surface area contributed by atoms with Crippen LogP contribution in [0.15, 0.2) is 96.2 Å². The molecule has 6 aliphatic heterocycles. The Morgan fingerprint density at radius 1 is 0.467 bits per heavy atom. The Morgan fingerprint density at radius 3 is 1.16 bits per heavy atom. The fraction of sp³-hybridized carbons (Fsp3) is 0.423. The van der Waals surface area contributed by atoms with Crippen LogP contribution in [-0.2, 0) is 19.3 Å². The first-order valence-electron chi connectivity index (χ1n) is 34.1. The minimum Gasteiger partial charge on any atom is -0.444 e. The number of hydrogen-bond donors (Lipinski definition) is 4. The Balaban J connectivity index is 0.000000140. The molecule has 3 aromatic carbocycles. The predicted molar refractivity (Wildman–Crippen MR) is 382 cm³/mol. The highest BCUT2D eigenvalue weighted by Crippen LogP contribution is 2.39. The van der Waals surface area contributed by atoms with Crippen LogP contribution in [0.25, 0.3) is 17.5 Å². The van der Waals surface area contributed by atoms with Crippen molar-refractivity contribution in [2.24, 2.45) is 0 Å². The van der Waals surface area contributed by atoms with Gasteiger partial charge in [-0.2, -0.15) is 40.2 Å². The van der Waals surface area contributed by atoms with Crippen molar-refractivity contribution in [2.45, 2.75) is 155 Å². The molecule has 27 nitrogen and oxygen atoms in total. The number of piperazine rings is 3. The average Bonchev–Trinajstić information content (AvgIpc) is 1.64. The second kappa shape index (κ2) is 29.1. The summed E-state index contributed by atoms with van der Waals surface area (Å²) in [5, 5.41) is 22.7. The smallest absolute Gasteiger partial charge is 0.410 e. The lowest BCUT2D eigenvalue weighted by atomic mass is 10.2. The number of amides is 2. The van der Waals surface area contributed by atoms with Gasteiger partial charge in [0, 0.05) is 122 Å². The predicted octanol–water partition coefficient (Wildman–Crippen LogP) is 10.8. The van der Waals surface area contributed by atoms with Crippen LogP contribution in [0.1, 0.15) is 95.0 Å². The number of halogens is 6. The van der Waals surface area contributed by atoms with E-state index in [0.717, 1.165) is 115 Å². The lowest BCUT2D eigenvalue weighted by Gasteiger charge is -2.35. The van der Waals surface area contributed by atoms with Crippen molar-refractivity contribution in [1.29, 1.82) is 0 Å². The third kappa shape index (κ3) is 17.1. The van der Waals surface area contributed by atoms with Crippen LogP contribution in [0.4, 0.5) is 82.3 Å². The highest BCUT2D eigenvalue weighted by Gasteiger charge is 2.49. The van der Waals surface area contributed by atoms with Gasteiger partial charge in [0.15, 0.2) is 52.4 Å². The number of nitrogens with zero attached hydrogens (tertiary/aromatic N) is 17. The van der Waals surface area contributed by atoms with Crippen molar-refractivity contribution >= 4 is 68.4 Å². The Bertz CT molecular complexity index is 4890. The SMILES string of the molecule is Cc1cc(C)n(-c2cc(N3C[C@H]4C[C@@H]3CN4)nc(Nc3ccc(F)c(F)c3)n2)n1.Cc1cc(C)n(-c2cc(N3C[C@H]4C[C@@H]3CN4C(=O)OC(C)(C)C)nc(Nc3ccc(F)c(F)c3)n2)n1.Cc1cc(C)n(-c2cc(N3C[C@H]4C[C@@H]3CN4C(=O)OC(C)(C)C)nc(S(C)(=O)=O)n2)n1.Nc1ccc(F)c(F)c1. The number of anilines is 8. The van der Waals surface area contributed by atoms with Crippen LogP contribution in [0.2, 0.25) is 0 Å². The molecule has 0 aliphatic carbocycles. The lowest BCUT2D eigenvalue weighted by Crippen LogP contribution is -2.50. The first kappa shape index (κ1) is 74.1. The number of nitrogens with one attached hydrogen (secondary N) is 3. The first-order chi connectivity index (χ1) is 49.4. The molecule has 6 atom stereocenters. The maximum atomic E-state index is 13.8. The fourth-order valence-corrected chi connectivity index (χ4v) is 14.1. The van der Waals surface area contributed by atoms with Gasteiger partial charge in [-0.15, -0.1) is 0 Å². The van der Waals surface area contributed by atoms with E-state index in [9.17, 15) is 44.3 Å². The molecule has 105 heavy (non-hydrogen) atoms. The van der Waals surface area contributed by atoms with Crippen LogP contribution in [0.3, 0.4) is 0 Å². The molecular weight excluding hydrogens is 1390 g/mol. The summed E-state index contributed by atoms with van der Waals surface area (Å²) in [6.07, 6.45) is 3.16. The highest BCUT2D eigenvalue weighted by atomic mass is 32.2. The molecule has 0 saturated carbocycles. The summed E-state index contributed by atoms with van der Waals surface area (Å²) in [5.74, 6) is -1.40. The Kier molecular flexibility index (Phi) is 20.6. The van der Waals surface area contributed by atoms with Crippen molar-refractivity contribution in [3.63, 3.8) is 0 Å². The third-order valence-corrected chi connectivity index (χ3v) is 18.9. The van der Waals surface area contributed by atoms with Gasteiger partial charge in [0.1, 0.15) is 28.7 Å². The zero-order valence-corrected chi connectivity index (χ0v) is 61.1. The van der Waals surface area contributed by atoms with Gasteiger partial charge in [0.05, 0.1) is 41.2 Å². The number of aryl methyl sites for hydroxylation is 6. The standard InChI is InChI=1S/C25H29F2N7O2.C20H21F2N7.C20H28N6O4S.C6H5F2N/c1-14-8-15(2)34(31-14)22-11-21(29-23(30-22)28-16-6-7-19(26)20(27)9-16)32-12-18-10-17(32)13-33(18)24(35)36-25(3,4)5;1-11-5-12(2)29(27-11)19-8-18(28-10-14-6-15(28)9-23-14)25-20(26-19)24-13-3-4-16(21)17(22)7-13;1-12-7-13(2)26(23-12)17-9-16(21-18(22-17)31(6,28)29)24-10-15-8-14(24)11-25(15)19(27)30-20(3,4)5;7-5-2-1-4(9)3-6(5)8/h6-9,11,17-18H,10,12-13H2,1-5H3,(H,28,29,30);3-5,7-8,14-15,23H,6,9-10H2,1-2H3,(H,24,25,26);7,9,14-15H,8,10-11H2,1-6H3;1-3H,9H2/t17-,18-;2*14-,15-;/m111./s1. The quantitative estimate of drug-likeness (QED) is 0.0531. The number of carbonyl (C=O) groups is 2. The molecule has 5 N–H and O–H groups in total. The van der Waals surface area contributed by atoms with E-state index in [2.05, 4.69) is 75.9 Å². The second-order valence-electron chi connectivity index (χ2n) is 29.0. The van der Waals surface area contributed by atoms with Gasteiger partial charge in [-0.05, 0) is 163 Å². The maximum absolute atomic E-state index is 13.8. The van der Waals surface area contributed by atoms with E-state index in [1.165, 1.54) is 18.2 Å². The summed E-state index contributed by atoms with van der Waals surface area (Å²) in [5.41, 5.74) is 10.2. The van der Waals surface area contributed by atoms with Crippen LogP contribution in [0, 0.1) is 76.4 Å². The topological polar surface area (TPSA) is 296 Å². The zero-order chi connectivity index (χ0) is 75.5. The number of nitrogen functional groups attached to an aromatic ring is 1. The molecule has 556 valence electrons. The van der Waals surface area contributed by atoms with E-state index in [0.29, 0.717) is 84.7 Å². The summed E-state index contributed by atoms with van der Waals surface area (Å²) in [6, 6.07) is 22.7. The maximum Gasteiger partial charge on any atom is 0.410 e. The second-order valence-corrected chi connectivity index (χ2v) is 30.9. The van der Waals surface area contributed by atoms with E-state index in [1.807, 2.05) is 113 Å². The number of likely N-dealkylation sites (tertiary alicyclic amines) is 2. The van der Waals surface area contributed by atoms with E-state index in [-0.39, 0.29) is 53.1 Å². The normalized spacial score (nSPS) is 19.3. The summed E-state index contributed by atoms with van der Waals surface area (Å²) in [6.45, 7) is 26.6. The number of nitrogens with two attached hydrogens (primary N) is 1. The van der Waals surface area contributed by atoms with Crippen molar-refractivity contribution in [2.75, 3.05) is 76.6 Å². The summed E-state index contributed by atoms with van der Waals surface area (Å²) in [7, 11) is -3.62. The molecule has 6 saturated heterocycles. The van der Waals surface area contributed by atoms with E-state index < -0.39 is 55.9 Å². The fourth-order valence-electron chi connectivity index (χ4n) is 13.6. The molecule has 6 bridgehead atoms. The van der Waals surface area contributed by atoms with Gasteiger partial charge in [-0.3, -0.25) is 0 Å². The lowest BCUT2D eigenvalue weighted by molar-refractivity contribution is 0.0203. The minimum absolute atomic E-state index is 0.00590. The molecule has 0 unspecified atom stereocenters. The van der Waals surface area contributed by atoms with Gasteiger partial charge in [0.2, 0.25) is 21.7 Å². The average molecular weight is 1470 g/mol. The minimum atomic E-state index is -3.62. The number of sulfone groups is 1. The molecular formula is C71H83F6N21O6S. The summed E-state index contributed by atoms with van der Waals surface area (Å²) < 4.78 is 119. The van der Waals surface area contributed by atoms with Gasteiger partial charge < -0.3 is 55.7 Å². The van der Waals surface area contributed by atoms with Crippen molar-refractivity contribution < 1.29 is 53.8 Å². The van der Waals surface area contributed by atoms with Gasteiger partial charge in [-0.25, -0.2) is 63.4 Å². The summed E-state index contributed by atoms with van der Waals surface area (Å²) >= 11 is 0. The van der Waals surface area contributed by atoms with Crippen LogP contribution in [0.5, 0.6) is 0 Å². The van der Waals surface area contributed by atoms with Crippen LogP contribution in [-0.4, -0.2) is 183 Å². The van der Waals surface area contributed by atoms with Gasteiger partial charge >= 0.3 is 12.2 Å². The van der Waals surface area contributed by atoms with Crippen molar-refractivity contribution in [3.05, 3.63) is 160 Å². The van der Waals surface area contributed by atoms with Crippen molar-refractivity contribution in [3.8, 4) is 17.5 Å². The number of fused-ring (bicyclic) bond motifs is 6. The number of hydrogen-bond acceptors (Lipinski definition) is 22. The Hall–Kier alpha value is -10.6. The molecule has 9 aromatic rings. The first-order valence-corrected chi connectivity index (χ1v) is 36.0. The van der Waals surface area contributed by atoms with Crippen molar-refractivity contribution in [1.82, 2.24) is 74.4 Å². The van der Waals surface area contributed by atoms with E-state index >= 15 is 0 Å². The Labute approximate surface area is 603 Å². The molecule has 12 heterocycles. The third-order valence-electron chi connectivity index (χ3n) is 18.1. The molecule has 0 radical (unpaired) electrons. The number of aromatic nitrogens is 12. The highest BCUT2D eigenvalue weighted by molar-refractivity contribution is 7.90.